The summed E-state index contributed by atoms with van der Waals surface area (Å²) in [6.45, 7) is 3.34. The van der Waals surface area contributed by atoms with Crippen LogP contribution in [0.1, 0.15) is 37.2 Å². The fourth-order valence-corrected chi connectivity index (χ4v) is 3.13. The first-order valence-corrected chi connectivity index (χ1v) is 7.21. The first kappa shape index (κ1) is 14.3. The highest BCUT2D eigenvalue weighted by Crippen LogP contribution is 2.46. The van der Waals surface area contributed by atoms with Crippen molar-refractivity contribution in [2.24, 2.45) is 5.92 Å². The van der Waals surface area contributed by atoms with Gasteiger partial charge in [0, 0.05) is 5.92 Å². The molecule has 3 heteroatoms. The van der Waals surface area contributed by atoms with E-state index in [1.165, 1.54) is 0 Å². The van der Waals surface area contributed by atoms with Crippen molar-refractivity contribution in [2.75, 3.05) is 0 Å². The zero-order chi connectivity index (χ0) is 15.2. The van der Waals surface area contributed by atoms with Gasteiger partial charge in [-0.3, -0.25) is 0 Å². The van der Waals surface area contributed by atoms with Crippen LogP contribution in [0.3, 0.4) is 0 Å². The molecule has 0 unspecified atom stereocenters. The molecule has 21 heavy (non-hydrogen) atoms. The molecule has 0 amide bonds. The normalized spacial score (nSPS) is 31.8. The van der Waals surface area contributed by atoms with Crippen LogP contribution in [0, 0.1) is 5.92 Å². The molecule has 4 atom stereocenters. The summed E-state index contributed by atoms with van der Waals surface area (Å²) in [5.41, 5.74) is 1.82. The zero-order valence-electron chi connectivity index (χ0n) is 12.2. The summed E-state index contributed by atoms with van der Waals surface area (Å²) in [6.07, 6.45) is -1.88. The van der Waals surface area contributed by atoms with Gasteiger partial charge in [-0.1, -0.05) is 55.5 Å². The monoisotopic (exact) mass is 284 g/mol. The Hall–Kier alpha value is -1.68. The average molecular weight is 284 g/mol. The third kappa shape index (κ3) is 2.09. The summed E-state index contributed by atoms with van der Waals surface area (Å²) >= 11 is 0. The van der Waals surface area contributed by atoms with Crippen molar-refractivity contribution in [3.05, 3.63) is 59.7 Å². The number of hydrogen-bond donors (Lipinski definition) is 3. The molecular formula is C18H20O3. The predicted molar refractivity (Wildman–Crippen MR) is 81.6 cm³/mol. The number of rotatable bonds is 0. The highest BCUT2D eigenvalue weighted by Gasteiger charge is 2.44. The molecule has 0 spiro atoms. The topological polar surface area (TPSA) is 60.7 Å². The Morgan fingerprint density at radius 3 is 1.95 bits per heavy atom. The molecule has 0 aromatic heterocycles. The highest BCUT2D eigenvalue weighted by atomic mass is 16.3. The Morgan fingerprint density at radius 2 is 1.33 bits per heavy atom. The van der Waals surface area contributed by atoms with Gasteiger partial charge in [-0.2, -0.15) is 0 Å². The van der Waals surface area contributed by atoms with E-state index >= 15 is 0 Å². The minimum Gasteiger partial charge on any atom is -0.388 e. The van der Waals surface area contributed by atoms with Crippen LogP contribution in [0.25, 0.3) is 11.1 Å². The van der Waals surface area contributed by atoms with E-state index in [9.17, 15) is 15.3 Å². The van der Waals surface area contributed by atoms with Crippen LogP contribution in [0.15, 0.2) is 48.5 Å². The molecule has 0 saturated heterocycles. The zero-order valence-corrected chi connectivity index (χ0v) is 12.2. The third-order valence-electron chi connectivity index (χ3n) is 4.77. The van der Waals surface area contributed by atoms with Crippen LogP contribution in [0.4, 0.5) is 0 Å². The Labute approximate surface area is 124 Å². The first-order valence-electron chi connectivity index (χ1n) is 7.21. The summed E-state index contributed by atoms with van der Waals surface area (Å²) in [6, 6.07) is 15.1. The standard InChI is InChI=1S/C18H20O3/c1-11-16(19)14-9-5-3-7-12(14)13-8-4-6-10-15(13)17(20)18(11,2)21/h3-11,16-17,19-21H,1-2H3/t11-,16-,17+,18-/m0/s1. The molecule has 0 radical (unpaired) electrons. The molecule has 1 aliphatic rings. The molecule has 0 heterocycles. The van der Waals surface area contributed by atoms with E-state index in [1.807, 2.05) is 48.5 Å². The quantitative estimate of drug-likeness (QED) is 0.697. The second kappa shape index (κ2) is 4.95. The van der Waals surface area contributed by atoms with Crippen molar-refractivity contribution in [1.29, 1.82) is 0 Å². The molecule has 3 rings (SSSR count). The van der Waals surface area contributed by atoms with Crippen LogP contribution in [0.5, 0.6) is 0 Å². The van der Waals surface area contributed by atoms with E-state index < -0.39 is 23.7 Å². The van der Waals surface area contributed by atoms with Gasteiger partial charge in [0.15, 0.2) is 0 Å². The van der Waals surface area contributed by atoms with E-state index in [0.29, 0.717) is 5.56 Å². The van der Waals surface area contributed by atoms with Crippen LogP contribution in [-0.2, 0) is 0 Å². The largest absolute Gasteiger partial charge is 0.388 e. The van der Waals surface area contributed by atoms with Crippen LogP contribution in [-0.4, -0.2) is 20.9 Å². The molecule has 0 bridgehead atoms. The summed E-state index contributed by atoms with van der Waals surface area (Å²) < 4.78 is 0. The maximum atomic E-state index is 10.7. The molecular weight excluding hydrogens is 264 g/mol. The Morgan fingerprint density at radius 1 is 0.857 bits per heavy atom. The smallest absolute Gasteiger partial charge is 0.108 e. The van der Waals surface area contributed by atoms with Crippen molar-refractivity contribution in [2.45, 2.75) is 31.7 Å². The fraction of sp³-hybridized carbons (Fsp3) is 0.333. The van der Waals surface area contributed by atoms with Gasteiger partial charge in [0.2, 0.25) is 0 Å². The molecule has 1 aliphatic carbocycles. The number of aliphatic hydroxyl groups is 3. The number of fused-ring (bicyclic) bond motifs is 3. The molecule has 3 nitrogen and oxygen atoms in total. The average Bonchev–Trinajstić information content (AvgIpc) is 2.52. The number of benzene rings is 2. The van der Waals surface area contributed by atoms with Gasteiger partial charge in [0.25, 0.3) is 0 Å². The highest BCUT2D eigenvalue weighted by molar-refractivity contribution is 5.72. The lowest BCUT2D eigenvalue weighted by molar-refractivity contribution is -0.129. The van der Waals surface area contributed by atoms with Crippen molar-refractivity contribution in [3.63, 3.8) is 0 Å². The van der Waals surface area contributed by atoms with Gasteiger partial charge in [-0.05, 0) is 29.2 Å². The van der Waals surface area contributed by atoms with Gasteiger partial charge in [0.05, 0.1) is 11.7 Å². The van der Waals surface area contributed by atoms with Crippen molar-refractivity contribution < 1.29 is 15.3 Å². The lowest BCUT2D eigenvalue weighted by Gasteiger charge is -2.40. The van der Waals surface area contributed by atoms with E-state index in [1.54, 1.807) is 13.8 Å². The first-order chi connectivity index (χ1) is 9.94. The van der Waals surface area contributed by atoms with E-state index in [0.717, 1.165) is 16.7 Å². The third-order valence-corrected chi connectivity index (χ3v) is 4.77. The molecule has 0 saturated carbocycles. The molecule has 0 aliphatic heterocycles. The summed E-state index contributed by atoms with van der Waals surface area (Å²) in [7, 11) is 0. The van der Waals surface area contributed by atoms with Crippen molar-refractivity contribution >= 4 is 0 Å². The Kier molecular flexibility index (Phi) is 3.36. The summed E-state index contributed by atoms with van der Waals surface area (Å²) in [4.78, 5) is 0. The van der Waals surface area contributed by atoms with E-state index in [-0.39, 0.29) is 0 Å². The maximum absolute atomic E-state index is 10.7. The Bertz CT molecular complexity index is 663. The van der Waals surface area contributed by atoms with E-state index in [2.05, 4.69) is 0 Å². The lowest BCUT2D eigenvalue weighted by Crippen LogP contribution is -2.43. The molecule has 3 N–H and O–H groups in total. The second-order valence-corrected chi connectivity index (χ2v) is 6.04. The van der Waals surface area contributed by atoms with E-state index in [4.69, 9.17) is 0 Å². The maximum Gasteiger partial charge on any atom is 0.108 e. The molecule has 2 aromatic carbocycles. The van der Waals surface area contributed by atoms with Crippen LogP contribution in [0.2, 0.25) is 0 Å². The predicted octanol–water partition coefficient (Wildman–Crippen LogP) is 2.82. The molecule has 110 valence electrons. The van der Waals surface area contributed by atoms with Gasteiger partial charge < -0.3 is 15.3 Å². The van der Waals surface area contributed by atoms with Gasteiger partial charge in [0.1, 0.15) is 6.10 Å². The van der Waals surface area contributed by atoms with Crippen molar-refractivity contribution in [3.8, 4) is 11.1 Å². The van der Waals surface area contributed by atoms with Gasteiger partial charge in [-0.25, -0.2) is 0 Å². The SMILES string of the molecule is C[C@H]1[C@H](O)c2ccccc2-c2ccccc2[C@@H](O)[C@@]1(C)O. The minimum atomic E-state index is -1.41. The van der Waals surface area contributed by atoms with Crippen molar-refractivity contribution in [1.82, 2.24) is 0 Å². The summed E-state index contributed by atoms with van der Waals surface area (Å²) in [5, 5.41) is 32.0. The minimum absolute atomic E-state index is 0.498. The van der Waals surface area contributed by atoms with Crippen LogP contribution >= 0.6 is 0 Å². The fourth-order valence-electron chi connectivity index (χ4n) is 3.13. The molecule has 2 aromatic rings. The Balaban J connectivity index is 2.34. The lowest BCUT2D eigenvalue weighted by atomic mass is 9.72. The number of hydrogen-bond acceptors (Lipinski definition) is 3. The van der Waals surface area contributed by atoms with Gasteiger partial charge >= 0.3 is 0 Å². The van der Waals surface area contributed by atoms with Gasteiger partial charge in [-0.15, -0.1) is 0 Å². The number of aliphatic hydroxyl groups excluding tert-OH is 2. The molecule has 0 fully saturated rings. The van der Waals surface area contributed by atoms with Crippen LogP contribution < -0.4 is 0 Å². The second-order valence-electron chi connectivity index (χ2n) is 6.04. The summed E-state index contributed by atoms with van der Waals surface area (Å²) in [5.74, 6) is -0.498.